The minimum atomic E-state index is -0.0369. The fourth-order valence-electron chi connectivity index (χ4n) is 0.999. The molecule has 1 rings (SSSR count). The van der Waals surface area contributed by atoms with Crippen LogP contribution in [0.3, 0.4) is 0 Å². The Morgan fingerprint density at radius 3 is 2.71 bits per heavy atom. The summed E-state index contributed by atoms with van der Waals surface area (Å²) in [5.74, 6) is 1.55. The molecule has 0 aliphatic rings. The molecule has 0 amide bonds. The average Bonchev–Trinajstić information content (AvgIpc) is 2.20. The number of aryl methyl sites for hydroxylation is 1. The van der Waals surface area contributed by atoms with Crippen LogP contribution < -0.4 is 10.5 Å². The van der Waals surface area contributed by atoms with Crippen molar-refractivity contribution in [3.63, 3.8) is 0 Å². The Bertz CT molecular complexity index is 315. The molecule has 0 aromatic carbocycles. The number of nitrogens with zero attached hydrogens (tertiary/aromatic N) is 2. The van der Waals surface area contributed by atoms with Crippen LogP contribution in [0.2, 0.25) is 0 Å². The first-order valence-electron chi connectivity index (χ1n) is 4.55. The van der Waals surface area contributed by atoms with E-state index in [4.69, 9.17) is 15.6 Å². The van der Waals surface area contributed by atoms with E-state index >= 15 is 0 Å². The lowest BCUT2D eigenvalue weighted by Crippen LogP contribution is -2.09. The molecular weight excluding hydrogens is 182 g/mol. The van der Waals surface area contributed by atoms with Crippen LogP contribution in [0, 0.1) is 6.92 Å². The second kappa shape index (κ2) is 4.76. The number of hydrogen-bond acceptors (Lipinski definition) is 5. The number of nitrogen functional groups attached to an aromatic ring is 1. The predicted octanol–water partition coefficient (Wildman–Crippen LogP) is 0.301. The van der Waals surface area contributed by atoms with E-state index < -0.39 is 0 Å². The highest BCUT2D eigenvalue weighted by molar-refractivity contribution is 5.44. The molecule has 0 bridgehead atoms. The summed E-state index contributed by atoms with van der Waals surface area (Å²) in [6.07, 6.45) is 0.708. The van der Waals surface area contributed by atoms with E-state index in [0.717, 1.165) is 5.56 Å². The van der Waals surface area contributed by atoms with E-state index in [2.05, 4.69) is 9.97 Å². The van der Waals surface area contributed by atoms with Crippen LogP contribution in [-0.2, 0) is 6.42 Å². The van der Waals surface area contributed by atoms with Crippen molar-refractivity contribution in [3.8, 4) is 5.88 Å². The molecule has 0 saturated heterocycles. The van der Waals surface area contributed by atoms with E-state index in [9.17, 15) is 0 Å². The molecule has 0 aliphatic carbocycles. The highest BCUT2D eigenvalue weighted by Gasteiger charge is 2.08. The van der Waals surface area contributed by atoms with Crippen LogP contribution in [-0.4, -0.2) is 28.3 Å². The molecule has 0 fully saturated rings. The highest BCUT2D eigenvalue weighted by Crippen LogP contribution is 2.19. The lowest BCUT2D eigenvalue weighted by molar-refractivity contribution is 0.195. The zero-order valence-electron chi connectivity index (χ0n) is 8.45. The third-order valence-electron chi connectivity index (χ3n) is 1.83. The molecule has 5 heteroatoms. The van der Waals surface area contributed by atoms with Gasteiger partial charge in [0.1, 0.15) is 18.2 Å². The van der Waals surface area contributed by atoms with Crippen molar-refractivity contribution in [1.82, 2.24) is 9.97 Å². The molecule has 0 unspecified atom stereocenters. The molecule has 0 radical (unpaired) electrons. The zero-order valence-corrected chi connectivity index (χ0v) is 8.45. The second-order valence-electron chi connectivity index (χ2n) is 2.88. The monoisotopic (exact) mass is 197 g/mol. The van der Waals surface area contributed by atoms with Gasteiger partial charge in [-0.05, 0) is 6.92 Å². The van der Waals surface area contributed by atoms with Crippen molar-refractivity contribution < 1.29 is 9.84 Å². The molecule has 78 valence electrons. The van der Waals surface area contributed by atoms with Crippen LogP contribution >= 0.6 is 0 Å². The highest BCUT2D eigenvalue weighted by atomic mass is 16.5. The fraction of sp³-hybridized carbons (Fsp3) is 0.556. The summed E-state index contributed by atoms with van der Waals surface area (Å²) in [6.45, 7) is 3.92. The maximum atomic E-state index is 8.61. The summed E-state index contributed by atoms with van der Waals surface area (Å²) >= 11 is 0. The number of aliphatic hydroxyl groups is 1. The molecule has 0 saturated carbocycles. The first-order valence-corrected chi connectivity index (χ1v) is 4.55. The Kier molecular flexibility index (Phi) is 3.64. The normalized spacial score (nSPS) is 10.2. The number of aromatic nitrogens is 2. The van der Waals surface area contributed by atoms with Crippen molar-refractivity contribution in [3.05, 3.63) is 11.4 Å². The largest absolute Gasteiger partial charge is 0.475 e. The quantitative estimate of drug-likeness (QED) is 0.725. The summed E-state index contributed by atoms with van der Waals surface area (Å²) in [5.41, 5.74) is 6.39. The van der Waals surface area contributed by atoms with Gasteiger partial charge < -0.3 is 15.6 Å². The minimum Gasteiger partial charge on any atom is -0.475 e. The first kappa shape index (κ1) is 10.7. The molecule has 5 nitrogen and oxygen atoms in total. The first-order chi connectivity index (χ1) is 6.69. The topological polar surface area (TPSA) is 81.3 Å². The summed E-state index contributed by atoms with van der Waals surface area (Å²) in [4.78, 5) is 8.25. The molecule has 1 aromatic rings. The van der Waals surface area contributed by atoms with E-state index in [0.29, 0.717) is 23.9 Å². The van der Waals surface area contributed by atoms with Crippen LogP contribution in [0.15, 0.2) is 0 Å². The Morgan fingerprint density at radius 2 is 2.14 bits per heavy atom. The zero-order chi connectivity index (χ0) is 10.6. The van der Waals surface area contributed by atoms with Gasteiger partial charge in [-0.2, -0.15) is 4.98 Å². The van der Waals surface area contributed by atoms with E-state index in [1.165, 1.54) is 0 Å². The summed E-state index contributed by atoms with van der Waals surface area (Å²) in [6, 6.07) is 0. The Morgan fingerprint density at radius 1 is 1.43 bits per heavy atom. The average molecular weight is 197 g/mol. The lowest BCUT2D eigenvalue weighted by Gasteiger charge is -2.09. The number of nitrogens with two attached hydrogens (primary N) is 1. The van der Waals surface area contributed by atoms with Crippen molar-refractivity contribution in [1.29, 1.82) is 0 Å². The van der Waals surface area contributed by atoms with E-state index in [1.807, 2.05) is 6.92 Å². The molecule has 3 N–H and O–H groups in total. The van der Waals surface area contributed by atoms with Gasteiger partial charge >= 0.3 is 0 Å². The number of hydrogen-bond donors (Lipinski definition) is 2. The summed E-state index contributed by atoms with van der Waals surface area (Å²) < 4.78 is 5.23. The van der Waals surface area contributed by atoms with E-state index in [-0.39, 0.29) is 13.2 Å². The molecule has 14 heavy (non-hydrogen) atoms. The second-order valence-corrected chi connectivity index (χ2v) is 2.88. The number of aliphatic hydroxyl groups excluding tert-OH is 1. The maximum absolute atomic E-state index is 8.61. The van der Waals surface area contributed by atoms with Crippen LogP contribution in [0.1, 0.15) is 18.3 Å². The Labute approximate surface area is 82.9 Å². The maximum Gasteiger partial charge on any atom is 0.221 e. The smallest absolute Gasteiger partial charge is 0.221 e. The van der Waals surface area contributed by atoms with Gasteiger partial charge in [-0.1, -0.05) is 6.92 Å². The number of anilines is 1. The van der Waals surface area contributed by atoms with Gasteiger partial charge in [0, 0.05) is 6.42 Å². The summed E-state index contributed by atoms with van der Waals surface area (Å²) in [5, 5.41) is 8.61. The number of ether oxygens (including phenoxy) is 1. The predicted molar refractivity (Wildman–Crippen MR) is 53.1 cm³/mol. The fourth-order valence-corrected chi connectivity index (χ4v) is 0.999. The Hall–Kier alpha value is -1.36. The van der Waals surface area contributed by atoms with E-state index in [1.54, 1.807) is 6.92 Å². The molecule has 0 aliphatic heterocycles. The van der Waals surface area contributed by atoms with Crippen molar-refractivity contribution in [2.75, 3.05) is 18.9 Å². The molecule has 0 spiro atoms. The summed E-state index contributed by atoms with van der Waals surface area (Å²) in [7, 11) is 0. The van der Waals surface area contributed by atoms with Gasteiger partial charge in [0.25, 0.3) is 0 Å². The van der Waals surface area contributed by atoms with Crippen molar-refractivity contribution >= 4 is 5.82 Å². The SMILES string of the molecule is CCc1nc(N)c(C)c(OCCO)n1. The van der Waals surface area contributed by atoms with Gasteiger partial charge in [-0.15, -0.1) is 0 Å². The Balaban J connectivity index is 2.95. The lowest BCUT2D eigenvalue weighted by atomic mass is 10.3. The van der Waals surface area contributed by atoms with Crippen molar-refractivity contribution in [2.24, 2.45) is 0 Å². The van der Waals surface area contributed by atoms with Crippen LogP contribution in [0.4, 0.5) is 5.82 Å². The molecule has 1 aromatic heterocycles. The molecule has 1 heterocycles. The minimum absolute atomic E-state index is 0.0369. The van der Waals surface area contributed by atoms with Gasteiger partial charge in [-0.3, -0.25) is 0 Å². The van der Waals surface area contributed by atoms with Gasteiger partial charge in [-0.25, -0.2) is 4.98 Å². The third kappa shape index (κ3) is 2.32. The molecular formula is C9H15N3O2. The number of rotatable bonds is 4. The van der Waals surface area contributed by atoms with Gasteiger partial charge in [0.2, 0.25) is 5.88 Å². The standard InChI is InChI=1S/C9H15N3O2/c1-3-7-11-8(10)6(2)9(12-7)14-5-4-13/h13H,3-5H2,1-2H3,(H2,10,11,12). The van der Waals surface area contributed by atoms with Gasteiger partial charge in [0.15, 0.2) is 0 Å². The van der Waals surface area contributed by atoms with Crippen LogP contribution in [0.5, 0.6) is 5.88 Å². The molecule has 0 atom stereocenters. The van der Waals surface area contributed by atoms with Crippen molar-refractivity contribution in [2.45, 2.75) is 20.3 Å². The van der Waals surface area contributed by atoms with Crippen LogP contribution in [0.25, 0.3) is 0 Å². The van der Waals surface area contributed by atoms with Gasteiger partial charge in [0.05, 0.1) is 12.2 Å². The third-order valence-corrected chi connectivity index (χ3v) is 1.83.